The Kier molecular flexibility index (Phi) is 4.89. The second-order valence-electron chi connectivity index (χ2n) is 6.89. The van der Waals surface area contributed by atoms with Crippen LogP contribution < -0.4 is 9.64 Å². The minimum atomic E-state index is -0.731. The van der Waals surface area contributed by atoms with Gasteiger partial charge in [-0.15, -0.1) is 0 Å². The van der Waals surface area contributed by atoms with Crippen molar-refractivity contribution in [1.82, 2.24) is 4.98 Å². The minimum Gasteiger partial charge on any atom is -0.497 e. The molecule has 1 aromatic heterocycles. The van der Waals surface area contributed by atoms with Crippen LogP contribution in [0.1, 0.15) is 24.2 Å². The summed E-state index contributed by atoms with van der Waals surface area (Å²) in [4.78, 5) is 19.8. The third-order valence-electron chi connectivity index (χ3n) is 5.29. The number of anilines is 1. The van der Waals surface area contributed by atoms with Crippen LogP contribution in [-0.4, -0.2) is 18.0 Å². The van der Waals surface area contributed by atoms with Crippen molar-refractivity contribution in [2.75, 3.05) is 12.0 Å². The van der Waals surface area contributed by atoms with Crippen molar-refractivity contribution < 1.29 is 9.53 Å². The molecule has 0 spiro atoms. The Morgan fingerprint density at radius 2 is 1.75 bits per heavy atom. The second kappa shape index (κ2) is 7.22. The number of hydrogen-bond acceptors (Lipinski definition) is 3. The smallest absolute Gasteiger partial charge is 0.240 e. The molecule has 0 aliphatic carbocycles. The molecule has 1 fully saturated rings. The summed E-state index contributed by atoms with van der Waals surface area (Å²) in [5.41, 5.74) is 1.83. The van der Waals surface area contributed by atoms with E-state index in [-0.39, 0.29) is 11.9 Å². The number of halogens is 2. The number of benzene rings is 2. The number of carbonyl (C=O) groups is 1. The summed E-state index contributed by atoms with van der Waals surface area (Å²) in [6.07, 6.45) is 1.76. The van der Waals surface area contributed by atoms with Gasteiger partial charge in [-0.25, -0.2) is 0 Å². The molecule has 3 aromatic rings. The Hall–Kier alpha value is -2.37. The van der Waals surface area contributed by atoms with Crippen molar-refractivity contribution in [2.45, 2.75) is 18.4 Å². The van der Waals surface area contributed by atoms with Gasteiger partial charge in [0.25, 0.3) is 0 Å². The SMILES string of the molecule is COc1ccc(N2C(=O)C(C)(c3ccc(Cl)cc3)C2c2ccc(Br)cn2)cc1. The predicted octanol–water partition coefficient (Wildman–Crippen LogP) is 5.55. The van der Waals surface area contributed by atoms with Crippen molar-refractivity contribution in [3.8, 4) is 5.75 Å². The van der Waals surface area contributed by atoms with Gasteiger partial charge in [-0.1, -0.05) is 23.7 Å². The molecule has 4 nitrogen and oxygen atoms in total. The zero-order valence-corrected chi connectivity index (χ0v) is 17.7. The van der Waals surface area contributed by atoms with Crippen molar-refractivity contribution in [2.24, 2.45) is 0 Å². The lowest BCUT2D eigenvalue weighted by atomic mass is 9.65. The molecule has 142 valence electrons. The third-order valence-corrected chi connectivity index (χ3v) is 6.01. The number of pyridine rings is 1. The van der Waals surface area contributed by atoms with Crippen LogP contribution in [-0.2, 0) is 10.2 Å². The van der Waals surface area contributed by atoms with Crippen molar-refractivity contribution in [3.05, 3.63) is 87.6 Å². The summed E-state index contributed by atoms with van der Waals surface area (Å²) in [5, 5.41) is 0.643. The summed E-state index contributed by atoms with van der Waals surface area (Å²) in [5.74, 6) is 0.769. The van der Waals surface area contributed by atoms with Crippen molar-refractivity contribution in [3.63, 3.8) is 0 Å². The maximum atomic E-state index is 13.4. The molecule has 1 aliphatic heterocycles. The normalized spacial score (nSPS) is 21.4. The lowest BCUT2D eigenvalue weighted by molar-refractivity contribution is -0.132. The Morgan fingerprint density at radius 1 is 1.07 bits per heavy atom. The van der Waals surface area contributed by atoms with E-state index < -0.39 is 5.41 Å². The van der Waals surface area contributed by atoms with Crippen LogP contribution in [0.15, 0.2) is 71.3 Å². The number of amides is 1. The largest absolute Gasteiger partial charge is 0.497 e. The summed E-state index contributed by atoms with van der Waals surface area (Å²) < 4.78 is 6.13. The number of aromatic nitrogens is 1. The summed E-state index contributed by atoms with van der Waals surface area (Å²) in [6, 6.07) is 18.6. The van der Waals surface area contributed by atoms with E-state index in [4.69, 9.17) is 16.3 Å². The van der Waals surface area contributed by atoms with Crippen LogP contribution in [0.3, 0.4) is 0 Å². The van der Waals surface area contributed by atoms with E-state index in [0.29, 0.717) is 5.02 Å². The van der Waals surface area contributed by atoms with E-state index in [1.165, 1.54) is 0 Å². The fourth-order valence-corrected chi connectivity index (χ4v) is 4.10. The highest BCUT2D eigenvalue weighted by atomic mass is 79.9. The highest BCUT2D eigenvalue weighted by Gasteiger charge is 2.60. The first-order chi connectivity index (χ1) is 13.4. The molecule has 0 radical (unpaired) electrons. The van der Waals surface area contributed by atoms with Gasteiger partial charge in [0.05, 0.1) is 24.3 Å². The number of hydrogen-bond donors (Lipinski definition) is 0. The van der Waals surface area contributed by atoms with Gasteiger partial charge in [0, 0.05) is 21.4 Å². The van der Waals surface area contributed by atoms with Gasteiger partial charge >= 0.3 is 0 Å². The van der Waals surface area contributed by atoms with Crippen molar-refractivity contribution >= 4 is 39.1 Å². The van der Waals surface area contributed by atoms with Gasteiger partial charge < -0.3 is 9.64 Å². The maximum Gasteiger partial charge on any atom is 0.240 e. The van der Waals surface area contributed by atoms with E-state index >= 15 is 0 Å². The second-order valence-corrected chi connectivity index (χ2v) is 8.24. The van der Waals surface area contributed by atoms with Gasteiger partial charge in [0.1, 0.15) is 5.75 Å². The molecule has 2 atom stereocenters. The van der Waals surface area contributed by atoms with Gasteiger partial charge in [0.2, 0.25) is 5.91 Å². The fraction of sp³-hybridized carbons (Fsp3) is 0.182. The van der Waals surface area contributed by atoms with Gasteiger partial charge in [-0.3, -0.25) is 9.78 Å². The van der Waals surface area contributed by atoms with E-state index in [1.54, 1.807) is 18.2 Å². The zero-order chi connectivity index (χ0) is 19.9. The summed E-state index contributed by atoms with van der Waals surface area (Å²) >= 11 is 9.49. The number of carbonyl (C=O) groups excluding carboxylic acids is 1. The number of β-lactam (4-membered cyclic amide) rings is 1. The van der Waals surface area contributed by atoms with Crippen LogP contribution in [0.2, 0.25) is 5.02 Å². The van der Waals surface area contributed by atoms with E-state index in [9.17, 15) is 4.79 Å². The van der Waals surface area contributed by atoms with Gasteiger partial charge in [-0.2, -0.15) is 0 Å². The number of rotatable bonds is 4. The minimum absolute atomic E-state index is 0.0229. The van der Waals surface area contributed by atoms with Gasteiger partial charge in [-0.05, 0) is 76.9 Å². The Bertz CT molecular complexity index is 1010. The molecule has 0 saturated carbocycles. The van der Waals surface area contributed by atoms with Crippen LogP contribution >= 0.6 is 27.5 Å². The molecule has 4 rings (SSSR count). The number of methoxy groups -OCH3 is 1. The van der Waals surface area contributed by atoms with E-state index in [1.807, 2.05) is 67.6 Å². The van der Waals surface area contributed by atoms with Crippen LogP contribution in [0, 0.1) is 0 Å². The average molecular weight is 458 g/mol. The van der Waals surface area contributed by atoms with Gasteiger partial charge in [0.15, 0.2) is 0 Å². The number of ether oxygens (including phenoxy) is 1. The first-order valence-corrected chi connectivity index (χ1v) is 9.97. The highest BCUT2D eigenvalue weighted by molar-refractivity contribution is 9.10. The molecule has 28 heavy (non-hydrogen) atoms. The van der Waals surface area contributed by atoms with E-state index in [0.717, 1.165) is 27.2 Å². The molecular weight excluding hydrogens is 440 g/mol. The standard InChI is InChI=1S/C22H18BrClN2O2/c1-22(14-3-6-16(24)7-4-14)20(19-12-5-15(23)13-25-19)26(21(22)27)17-8-10-18(28-2)11-9-17/h3-13,20H,1-2H3. The molecule has 0 N–H and O–H groups in total. The van der Waals surface area contributed by atoms with E-state index in [2.05, 4.69) is 20.9 Å². The van der Waals surface area contributed by atoms with Crippen LogP contribution in [0.5, 0.6) is 5.75 Å². The molecule has 6 heteroatoms. The quantitative estimate of drug-likeness (QED) is 0.482. The van der Waals surface area contributed by atoms with Crippen LogP contribution in [0.4, 0.5) is 5.69 Å². The lowest BCUT2D eigenvalue weighted by Crippen LogP contribution is -2.65. The fourth-order valence-electron chi connectivity index (χ4n) is 3.74. The molecule has 2 unspecified atom stereocenters. The first-order valence-electron chi connectivity index (χ1n) is 8.80. The lowest BCUT2D eigenvalue weighted by Gasteiger charge is -2.54. The Labute approximate surface area is 177 Å². The predicted molar refractivity (Wildman–Crippen MR) is 114 cm³/mol. The Morgan fingerprint density at radius 3 is 2.32 bits per heavy atom. The molecule has 2 aromatic carbocycles. The average Bonchev–Trinajstić information content (AvgIpc) is 2.72. The molecule has 2 heterocycles. The van der Waals surface area contributed by atoms with Crippen molar-refractivity contribution in [1.29, 1.82) is 0 Å². The monoisotopic (exact) mass is 456 g/mol. The van der Waals surface area contributed by atoms with Crippen LogP contribution in [0.25, 0.3) is 0 Å². The summed E-state index contributed by atoms with van der Waals surface area (Å²) in [6.45, 7) is 1.97. The molecule has 1 aliphatic rings. The zero-order valence-electron chi connectivity index (χ0n) is 15.4. The molecular formula is C22H18BrClN2O2. The molecule has 1 amide bonds. The third kappa shape index (κ3) is 2.99. The highest BCUT2D eigenvalue weighted by Crippen LogP contribution is 2.53. The molecule has 0 bridgehead atoms. The first kappa shape index (κ1) is 19.0. The summed E-state index contributed by atoms with van der Waals surface area (Å²) in [7, 11) is 1.62. The maximum absolute atomic E-state index is 13.4. The molecule has 1 saturated heterocycles. The Balaban J connectivity index is 1.81. The number of nitrogens with zero attached hydrogens (tertiary/aromatic N) is 2. The topological polar surface area (TPSA) is 42.4 Å².